The van der Waals surface area contributed by atoms with E-state index in [0.717, 1.165) is 20.3 Å². The van der Waals surface area contributed by atoms with Crippen LogP contribution in [0.4, 0.5) is 0 Å². The van der Waals surface area contributed by atoms with Gasteiger partial charge in [0.1, 0.15) is 15.8 Å². The highest BCUT2D eigenvalue weighted by atomic mass is 127. The Balaban J connectivity index is 2.29. The standard InChI is InChI=1S/C13H16IN3O2/c1-8-5-9-10(6-15-8)17(16-12(9)14)7-11(18)19-13(2,3)4/h5-6H,7H2,1-4H3. The Morgan fingerprint density at radius 2 is 2.16 bits per heavy atom. The summed E-state index contributed by atoms with van der Waals surface area (Å²) in [6.45, 7) is 7.57. The first-order valence-electron chi connectivity index (χ1n) is 5.97. The van der Waals surface area contributed by atoms with Crippen LogP contribution in [0.3, 0.4) is 0 Å². The van der Waals surface area contributed by atoms with E-state index < -0.39 is 5.60 Å². The molecule has 0 saturated heterocycles. The molecule has 102 valence electrons. The topological polar surface area (TPSA) is 57.0 Å². The first-order chi connectivity index (χ1) is 8.76. The largest absolute Gasteiger partial charge is 0.459 e. The molecule has 0 amide bonds. The molecule has 19 heavy (non-hydrogen) atoms. The molecular formula is C13H16IN3O2. The minimum atomic E-state index is -0.484. The summed E-state index contributed by atoms with van der Waals surface area (Å²) in [6.07, 6.45) is 1.74. The fourth-order valence-electron chi connectivity index (χ4n) is 1.75. The van der Waals surface area contributed by atoms with Crippen molar-refractivity contribution in [3.63, 3.8) is 0 Å². The lowest BCUT2D eigenvalue weighted by molar-refractivity contribution is -0.155. The van der Waals surface area contributed by atoms with Crippen LogP contribution in [0.5, 0.6) is 0 Å². The average Bonchev–Trinajstić information content (AvgIpc) is 2.52. The van der Waals surface area contributed by atoms with Crippen molar-refractivity contribution in [2.24, 2.45) is 0 Å². The van der Waals surface area contributed by atoms with Crippen molar-refractivity contribution in [3.8, 4) is 0 Å². The number of pyridine rings is 1. The van der Waals surface area contributed by atoms with Crippen molar-refractivity contribution in [3.05, 3.63) is 21.7 Å². The number of nitrogens with zero attached hydrogens (tertiary/aromatic N) is 3. The summed E-state index contributed by atoms with van der Waals surface area (Å²) < 4.78 is 7.80. The van der Waals surface area contributed by atoms with Crippen molar-refractivity contribution in [1.82, 2.24) is 14.8 Å². The van der Waals surface area contributed by atoms with Crippen molar-refractivity contribution in [1.29, 1.82) is 0 Å². The number of carbonyl (C=O) groups is 1. The lowest BCUT2D eigenvalue weighted by Gasteiger charge is -2.19. The normalized spacial score (nSPS) is 11.8. The van der Waals surface area contributed by atoms with Gasteiger partial charge < -0.3 is 4.74 Å². The average molecular weight is 373 g/mol. The summed E-state index contributed by atoms with van der Waals surface area (Å²) in [6, 6.07) is 1.97. The molecule has 0 aromatic carbocycles. The number of halogens is 1. The number of esters is 1. The Morgan fingerprint density at radius 1 is 1.47 bits per heavy atom. The van der Waals surface area contributed by atoms with Gasteiger partial charge in [-0.25, -0.2) is 0 Å². The van der Waals surface area contributed by atoms with E-state index in [-0.39, 0.29) is 12.5 Å². The minimum Gasteiger partial charge on any atom is -0.459 e. The van der Waals surface area contributed by atoms with Crippen LogP contribution in [0.2, 0.25) is 0 Å². The second-order valence-corrected chi connectivity index (χ2v) is 6.40. The monoisotopic (exact) mass is 373 g/mol. The molecular weight excluding hydrogens is 357 g/mol. The summed E-state index contributed by atoms with van der Waals surface area (Å²) in [5.41, 5.74) is 1.30. The Kier molecular flexibility index (Phi) is 3.80. The van der Waals surface area contributed by atoms with Gasteiger partial charge in [-0.1, -0.05) is 0 Å². The summed E-state index contributed by atoms with van der Waals surface area (Å²) >= 11 is 2.16. The third-order valence-electron chi connectivity index (χ3n) is 2.43. The van der Waals surface area contributed by atoms with E-state index in [4.69, 9.17) is 4.74 Å². The predicted molar refractivity (Wildman–Crippen MR) is 80.8 cm³/mol. The second-order valence-electron chi connectivity index (χ2n) is 5.38. The number of carbonyl (C=O) groups excluding carboxylic acids is 1. The van der Waals surface area contributed by atoms with E-state index in [2.05, 4.69) is 32.7 Å². The van der Waals surface area contributed by atoms with Gasteiger partial charge in [0.25, 0.3) is 0 Å². The van der Waals surface area contributed by atoms with Gasteiger partial charge in [0.05, 0.1) is 11.7 Å². The van der Waals surface area contributed by atoms with E-state index in [0.29, 0.717) is 0 Å². The van der Waals surface area contributed by atoms with Crippen LogP contribution in [0.1, 0.15) is 26.5 Å². The first kappa shape index (κ1) is 14.2. The van der Waals surface area contributed by atoms with Gasteiger partial charge in [-0.05, 0) is 56.4 Å². The highest BCUT2D eigenvalue weighted by Gasteiger charge is 2.18. The van der Waals surface area contributed by atoms with Crippen LogP contribution >= 0.6 is 22.6 Å². The van der Waals surface area contributed by atoms with Gasteiger partial charge in [-0.15, -0.1) is 0 Å². The van der Waals surface area contributed by atoms with Gasteiger partial charge in [0.2, 0.25) is 0 Å². The highest BCUT2D eigenvalue weighted by Crippen LogP contribution is 2.20. The molecule has 6 heteroatoms. The molecule has 0 N–H and O–H groups in total. The maximum atomic E-state index is 11.8. The summed E-state index contributed by atoms with van der Waals surface area (Å²) in [4.78, 5) is 16.1. The summed E-state index contributed by atoms with van der Waals surface area (Å²) in [7, 11) is 0. The number of rotatable bonds is 2. The zero-order chi connectivity index (χ0) is 14.2. The van der Waals surface area contributed by atoms with Crippen LogP contribution in [0.15, 0.2) is 12.3 Å². The van der Waals surface area contributed by atoms with E-state index in [1.165, 1.54) is 0 Å². The molecule has 0 bridgehead atoms. The quantitative estimate of drug-likeness (QED) is 0.600. The molecule has 0 aliphatic heterocycles. The summed E-state index contributed by atoms with van der Waals surface area (Å²) in [5, 5.41) is 5.37. The Hall–Kier alpha value is -1.18. The molecule has 0 atom stereocenters. The molecule has 0 aliphatic carbocycles. The zero-order valence-corrected chi connectivity index (χ0v) is 13.6. The Bertz CT molecular complexity index is 629. The third kappa shape index (κ3) is 3.43. The Labute approximate surface area is 125 Å². The van der Waals surface area contributed by atoms with Gasteiger partial charge >= 0.3 is 5.97 Å². The van der Waals surface area contributed by atoms with Crippen LogP contribution in [0, 0.1) is 10.6 Å². The molecule has 5 nitrogen and oxygen atoms in total. The number of aromatic nitrogens is 3. The second kappa shape index (κ2) is 5.07. The van der Waals surface area contributed by atoms with Crippen molar-refractivity contribution in [2.45, 2.75) is 39.8 Å². The molecule has 2 heterocycles. The Morgan fingerprint density at radius 3 is 2.79 bits per heavy atom. The van der Waals surface area contributed by atoms with Gasteiger partial charge in [0, 0.05) is 11.1 Å². The fourth-order valence-corrected chi connectivity index (χ4v) is 2.45. The molecule has 0 spiro atoms. The van der Waals surface area contributed by atoms with Crippen molar-refractivity contribution in [2.75, 3.05) is 0 Å². The van der Waals surface area contributed by atoms with Gasteiger partial charge in [-0.3, -0.25) is 14.5 Å². The molecule has 0 unspecified atom stereocenters. The lowest BCUT2D eigenvalue weighted by atomic mass is 10.2. The fraction of sp³-hybridized carbons (Fsp3) is 0.462. The van der Waals surface area contributed by atoms with E-state index in [1.807, 2.05) is 33.8 Å². The summed E-state index contributed by atoms with van der Waals surface area (Å²) in [5.74, 6) is -0.297. The molecule has 2 aromatic heterocycles. The van der Waals surface area contributed by atoms with E-state index in [1.54, 1.807) is 10.9 Å². The first-order valence-corrected chi connectivity index (χ1v) is 7.04. The van der Waals surface area contributed by atoms with E-state index in [9.17, 15) is 4.79 Å². The highest BCUT2D eigenvalue weighted by molar-refractivity contribution is 14.1. The smallest absolute Gasteiger partial charge is 0.328 e. The molecule has 0 fully saturated rings. The molecule has 0 saturated carbocycles. The molecule has 0 aliphatic rings. The van der Waals surface area contributed by atoms with Crippen molar-refractivity contribution >= 4 is 39.5 Å². The van der Waals surface area contributed by atoms with Crippen LogP contribution < -0.4 is 0 Å². The van der Waals surface area contributed by atoms with Crippen LogP contribution in [-0.4, -0.2) is 26.3 Å². The SMILES string of the molecule is Cc1cc2c(I)nn(CC(=O)OC(C)(C)C)c2cn1. The number of hydrogen-bond acceptors (Lipinski definition) is 4. The van der Waals surface area contributed by atoms with Crippen LogP contribution in [-0.2, 0) is 16.1 Å². The third-order valence-corrected chi connectivity index (χ3v) is 3.22. The molecule has 2 rings (SSSR count). The minimum absolute atomic E-state index is 0.0987. The number of ether oxygens (including phenoxy) is 1. The number of aryl methyl sites for hydroxylation is 1. The van der Waals surface area contributed by atoms with Gasteiger partial charge in [0.15, 0.2) is 0 Å². The maximum Gasteiger partial charge on any atom is 0.328 e. The molecule has 0 radical (unpaired) electrons. The van der Waals surface area contributed by atoms with Crippen molar-refractivity contribution < 1.29 is 9.53 Å². The lowest BCUT2D eigenvalue weighted by Crippen LogP contribution is -2.26. The van der Waals surface area contributed by atoms with Gasteiger partial charge in [-0.2, -0.15) is 5.10 Å². The maximum absolute atomic E-state index is 11.8. The number of hydrogen-bond donors (Lipinski definition) is 0. The predicted octanol–water partition coefficient (Wildman–Crippen LogP) is 2.69. The number of fused-ring (bicyclic) bond motifs is 1. The molecule has 2 aromatic rings. The van der Waals surface area contributed by atoms with Crippen LogP contribution in [0.25, 0.3) is 10.9 Å². The zero-order valence-electron chi connectivity index (χ0n) is 11.4. The van der Waals surface area contributed by atoms with E-state index >= 15 is 0 Å².